The van der Waals surface area contributed by atoms with Crippen LogP contribution in [0.25, 0.3) is 0 Å². The van der Waals surface area contributed by atoms with Crippen molar-refractivity contribution in [2.24, 2.45) is 0 Å². The first-order chi connectivity index (χ1) is 8.85. The second-order valence-corrected chi connectivity index (χ2v) is 5.54. The molecule has 0 aliphatic carbocycles. The van der Waals surface area contributed by atoms with Gasteiger partial charge in [0.25, 0.3) is 0 Å². The lowest BCUT2D eigenvalue weighted by Crippen LogP contribution is -2.56. The molecule has 1 heterocycles. The number of amides is 1. The highest BCUT2D eigenvalue weighted by molar-refractivity contribution is 5.68. The average Bonchev–Trinajstić information content (AvgIpc) is 2.34. The maximum absolute atomic E-state index is 12.1. The molecule has 19 heavy (non-hydrogen) atoms. The summed E-state index contributed by atoms with van der Waals surface area (Å²) in [6.45, 7) is 9.19. The lowest BCUT2D eigenvalue weighted by atomic mass is 10.1. The minimum Gasteiger partial charge on any atom is -0.444 e. The van der Waals surface area contributed by atoms with Gasteiger partial charge in [0.1, 0.15) is 11.7 Å². The van der Waals surface area contributed by atoms with Crippen LogP contribution in [0.3, 0.4) is 0 Å². The molecule has 0 radical (unpaired) electrons. The van der Waals surface area contributed by atoms with E-state index in [9.17, 15) is 9.90 Å². The Labute approximate surface area is 114 Å². The molecule has 2 unspecified atom stereocenters. The highest BCUT2D eigenvalue weighted by Crippen LogP contribution is 2.16. The molecule has 0 aromatic carbocycles. The monoisotopic (exact) mass is 275 g/mol. The molecule has 1 N–H and O–H groups in total. The normalized spacial score (nSPS) is 22.2. The van der Waals surface area contributed by atoms with Crippen molar-refractivity contribution in [3.05, 3.63) is 0 Å². The van der Waals surface area contributed by atoms with E-state index in [0.29, 0.717) is 26.4 Å². The lowest BCUT2D eigenvalue weighted by molar-refractivity contribution is -0.0833. The molecule has 1 fully saturated rings. The SMILES string of the molecule is CCOCC(O)C1COCCN1C(=O)OC(C)(C)C. The lowest BCUT2D eigenvalue weighted by Gasteiger charge is -2.38. The van der Waals surface area contributed by atoms with Crippen LogP contribution in [-0.4, -0.2) is 66.8 Å². The molecule has 6 heteroatoms. The number of hydrogen-bond donors (Lipinski definition) is 1. The summed E-state index contributed by atoms with van der Waals surface area (Å²) in [7, 11) is 0. The summed E-state index contributed by atoms with van der Waals surface area (Å²) in [5.41, 5.74) is -0.551. The van der Waals surface area contributed by atoms with E-state index in [0.717, 1.165) is 0 Å². The van der Waals surface area contributed by atoms with Gasteiger partial charge in [-0.25, -0.2) is 4.79 Å². The zero-order chi connectivity index (χ0) is 14.5. The topological polar surface area (TPSA) is 68.2 Å². The number of morpholine rings is 1. The van der Waals surface area contributed by atoms with Crippen LogP contribution in [0.2, 0.25) is 0 Å². The number of carbonyl (C=O) groups is 1. The van der Waals surface area contributed by atoms with Crippen LogP contribution in [-0.2, 0) is 14.2 Å². The van der Waals surface area contributed by atoms with E-state index in [1.165, 1.54) is 4.90 Å². The molecule has 1 saturated heterocycles. The number of aliphatic hydroxyl groups excluding tert-OH is 1. The Balaban J connectivity index is 2.63. The predicted octanol–water partition coefficient (Wildman–Crippen LogP) is 1.02. The Kier molecular flexibility index (Phi) is 6.03. The summed E-state index contributed by atoms with van der Waals surface area (Å²) in [6.07, 6.45) is -1.19. The van der Waals surface area contributed by atoms with E-state index in [1.54, 1.807) is 0 Å². The molecule has 0 aromatic rings. The van der Waals surface area contributed by atoms with Crippen molar-refractivity contribution in [1.82, 2.24) is 4.90 Å². The molecule has 1 aliphatic rings. The van der Waals surface area contributed by atoms with Crippen LogP contribution in [0.5, 0.6) is 0 Å². The summed E-state index contributed by atoms with van der Waals surface area (Å²) in [4.78, 5) is 13.6. The second-order valence-electron chi connectivity index (χ2n) is 5.54. The standard InChI is InChI=1S/C13H25NO5/c1-5-17-9-11(15)10-8-18-7-6-14(10)12(16)19-13(2,3)4/h10-11,15H,5-9H2,1-4H3. The maximum Gasteiger partial charge on any atom is 0.410 e. The van der Waals surface area contributed by atoms with Crippen molar-refractivity contribution >= 4 is 6.09 Å². The van der Waals surface area contributed by atoms with Gasteiger partial charge in [-0.2, -0.15) is 0 Å². The first kappa shape index (κ1) is 16.2. The summed E-state index contributed by atoms with van der Waals surface area (Å²) >= 11 is 0. The van der Waals surface area contributed by atoms with Crippen molar-refractivity contribution in [1.29, 1.82) is 0 Å². The molecule has 1 amide bonds. The highest BCUT2D eigenvalue weighted by Gasteiger charge is 2.35. The summed E-state index contributed by atoms with van der Waals surface area (Å²) in [5.74, 6) is 0. The van der Waals surface area contributed by atoms with Crippen LogP contribution in [0, 0.1) is 0 Å². The van der Waals surface area contributed by atoms with Crippen LogP contribution < -0.4 is 0 Å². The van der Waals surface area contributed by atoms with Crippen molar-refractivity contribution in [3.63, 3.8) is 0 Å². The summed E-state index contributed by atoms with van der Waals surface area (Å²) in [6, 6.07) is -0.421. The smallest absolute Gasteiger partial charge is 0.410 e. The predicted molar refractivity (Wildman–Crippen MR) is 70.0 cm³/mol. The largest absolute Gasteiger partial charge is 0.444 e. The fourth-order valence-corrected chi connectivity index (χ4v) is 1.84. The van der Waals surface area contributed by atoms with E-state index in [4.69, 9.17) is 14.2 Å². The quantitative estimate of drug-likeness (QED) is 0.829. The van der Waals surface area contributed by atoms with Gasteiger partial charge < -0.3 is 19.3 Å². The van der Waals surface area contributed by atoms with Gasteiger partial charge in [0.2, 0.25) is 0 Å². The Morgan fingerprint density at radius 3 is 2.79 bits per heavy atom. The van der Waals surface area contributed by atoms with Crippen LogP contribution >= 0.6 is 0 Å². The van der Waals surface area contributed by atoms with Crippen LogP contribution in [0.1, 0.15) is 27.7 Å². The highest BCUT2D eigenvalue weighted by atomic mass is 16.6. The molecule has 0 bridgehead atoms. The molecule has 2 atom stereocenters. The molecule has 0 spiro atoms. The zero-order valence-electron chi connectivity index (χ0n) is 12.2. The third-order valence-electron chi connectivity index (χ3n) is 2.73. The van der Waals surface area contributed by atoms with E-state index < -0.39 is 23.8 Å². The Morgan fingerprint density at radius 1 is 1.53 bits per heavy atom. The van der Waals surface area contributed by atoms with Gasteiger partial charge in [0.05, 0.1) is 25.9 Å². The van der Waals surface area contributed by atoms with Crippen molar-refractivity contribution < 1.29 is 24.1 Å². The molecule has 1 rings (SSSR count). The number of rotatable bonds is 4. The molecular formula is C13H25NO5. The summed E-state index contributed by atoms with van der Waals surface area (Å²) < 4.78 is 15.9. The van der Waals surface area contributed by atoms with E-state index >= 15 is 0 Å². The zero-order valence-corrected chi connectivity index (χ0v) is 12.2. The Morgan fingerprint density at radius 2 is 2.21 bits per heavy atom. The van der Waals surface area contributed by atoms with Gasteiger partial charge in [-0.15, -0.1) is 0 Å². The third-order valence-corrected chi connectivity index (χ3v) is 2.73. The fraction of sp³-hybridized carbons (Fsp3) is 0.923. The first-order valence-electron chi connectivity index (χ1n) is 6.68. The van der Waals surface area contributed by atoms with Gasteiger partial charge in [-0.1, -0.05) is 0 Å². The van der Waals surface area contributed by atoms with Crippen LogP contribution in [0.4, 0.5) is 4.79 Å². The van der Waals surface area contributed by atoms with Gasteiger partial charge in [0.15, 0.2) is 0 Å². The average molecular weight is 275 g/mol. The fourth-order valence-electron chi connectivity index (χ4n) is 1.84. The van der Waals surface area contributed by atoms with Gasteiger partial charge in [-0.3, -0.25) is 4.90 Å². The number of aliphatic hydroxyl groups is 1. The van der Waals surface area contributed by atoms with Crippen molar-refractivity contribution in [2.45, 2.75) is 45.4 Å². The minimum absolute atomic E-state index is 0.184. The minimum atomic E-state index is -0.771. The number of hydrogen-bond acceptors (Lipinski definition) is 5. The number of carbonyl (C=O) groups excluding carboxylic acids is 1. The third kappa shape index (κ3) is 5.34. The first-order valence-corrected chi connectivity index (χ1v) is 6.68. The Bertz CT molecular complexity index is 289. The van der Waals surface area contributed by atoms with E-state index in [1.807, 2.05) is 27.7 Å². The van der Waals surface area contributed by atoms with Gasteiger partial charge >= 0.3 is 6.09 Å². The number of ether oxygens (including phenoxy) is 3. The molecule has 0 aromatic heterocycles. The molecule has 112 valence electrons. The second kappa shape index (κ2) is 7.07. The molecule has 6 nitrogen and oxygen atoms in total. The van der Waals surface area contributed by atoms with Crippen molar-refractivity contribution in [2.75, 3.05) is 33.0 Å². The van der Waals surface area contributed by atoms with Gasteiger partial charge in [0, 0.05) is 13.2 Å². The van der Waals surface area contributed by atoms with Crippen molar-refractivity contribution in [3.8, 4) is 0 Å². The maximum atomic E-state index is 12.1. The number of nitrogens with zero attached hydrogens (tertiary/aromatic N) is 1. The Hall–Kier alpha value is -0.850. The van der Waals surface area contributed by atoms with E-state index in [2.05, 4.69) is 0 Å². The van der Waals surface area contributed by atoms with Crippen LogP contribution in [0.15, 0.2) is 0 Å². The van der Waals surface area contributed by atoms with E-state index in [-0.39, 0.29) is 6.61 Å². The molecule has 0 saturated carbocycles. The molecule has 1 aliphatic heterocycles. The molecular weight excluding hydrogens is 250 g/mol. The summed E-state index contributed by atoms with van der Waals surface area (Å²) in [5, 5.41) is 10.1. The van der Waals surface area contributed by atoms with Gasteiger partial charge in [-0.05, 0) is 27.7 Å².